The normalized spacial score (nSPS) is 17.6. The van der Waals surface area contributed by atoms with E-state index in [0.29, 0.717) is 5.41 Å². The monoisotopic (exact) mass is 597 g/mol. The van der Waals surface area contributed by atoms with Crippen molar-refractivity contribution >= 4 is 52.4 Å². The van der Waals surface area contributed by atoms with E-state index in [4.69, 9.17) is 11.6 Å². The van der Waals surface area contributed by atoms with Crippen LogP contribution in [0, 0.1) is 5.41 Å². The predicted octanol–water partition coefficient (Wildman–Crippen LogP) is 8.00. The number of nitrogens with one attached hydrogen (secondary N) is 2. The van der Waals surface area contributed by atoms with Crippen molar-refractivity contribution in [3.8, 4) is 0 Å². The molecule has 3 heterocycles. The first-order valence-corrected chi connectivity index (χ1v) is 15.7. The summed E-state index contributed by atoms with van der Waals surface area (Å²) in [6.45, 7) is 14.2. The number of allylic oxidation sites excluding steroid dienone is 1. The molecule has 6 rings (SSSR count). The molecular formula is C35H40ClN5S. The number of aromatic amines is 1. The summed E-state index contributed by atoms with van der Waals surface area (Å²) in [6, 6.07) is 19.5. The minimum Gasteiger partial charge on any atom is -0.369 e. The van der Waals surface area contributed by atoms with E-state index in [1.165, 1.54) is 40.8 Å². The highest BCUT2D eigenvalue weighted by Gasteiger charge is 2.29. The third kappa shape index (κ3) is 6.41. The number of H-pyrrole nitrogens is 1. The number of fused-ring (bicyclic) bond motifs is 1. The van der Waals surface area contributed by atoms with Gasteiger partial charge in [-0.05, 0) is 89.8 Å². The summed E-state index contributed by atoms with van der Waals surface area (Å²) < 4.78 is 2.95. The Morgan fingerprint density at radius 3 is 2.62 bits per heavy atom. The van der Waals surface area contributed by atoms with Crippen molar-refractivity contribution in [1.29, 1.82) is 0 Å². The SMILES string of the molecule is C=C(NS)c1ccc(N2CCN(CC3=C(c4ccc(Cl)cc4)CC(C)(C)CC3)CC2)cc1Cc1cnc2[nH]ccc2c1. The van der Waals surface area contributed by atoms with E-state index < -0.39 is 0 Å². The second-order valence-electron chi connectivity index (χ2n) is 12.6. The molecule has 1 aliphatic heterocycles. The Balaban J connectivity index is 1.18. The Morgan fingerprint density at radius 2 is 1.86 bits per heavy atom. The molecule has 0 atom stereocenters. The summed E-state index contributed by atoms with van der Waals surface area (Å²) in [5, 5.41) is 1.93. The average Bonchev–Trinajstić information content (AvgIpc) is 3.46. The smallest absolute Gasteiger partial charge is 0.137 e. The van der Waals surface area contributed by atoms with Gasteiger partial charge in [0.05, 0.1) is 0 Å². The van der Waals surface area contributed by atoms with E-state index in [2.05, 4.69) is 100 Å². The zero-order valence-corrected chi connectivity index (χ0v) is 26.2. The van der Waals surface area contributed by atoms with Crippen molar-refractivity contribution in [2.45, 2.75) is 39.5 Å². The first-order valence-electron chi connectivity index (χ1n) is 14.9. The maximum Gasteiger partial charge on any atom is 0.137 e. The molecular weight excluding hydrogens is 558 g/mol. The summed E-state index contributed by atoms with van der Waals surface area (Å²) in [6.07, 6.45) is 8.21. The van der Waals surface area contributed by atoms with Crippen LogP contribution in [0.3, 0.4) is 0 Å². The molecule has 2 aliphatic rings. The number of piperazine rings is 1. The summed E-state index contributed by atoms with van der Waals surface area (Å²) >= 11 is 10.5. The maximum atomic E-state index is 6.22. The van der Waals surface area contributed by atoms with Crippen molar-refractivity contribution in [3.05, 3.63) is 106 Å². The fraction of sp³-hybridized carbons (Fsp3) is 0.343. The van der Waals surface area contributed by atoms with Crippen LogP contribution in [-0.2, 0) is 6.42 Å². The van der Waals surface area contributed by atoms with E-state index in [1.54, 1.807) is 5.57 Å². The fourth-order valence-corrected chi connectivity index (χ4v) is 6.72. The molecule has 42 heavy (non-hydrogen) atoms. The second-order valence-corrected chi connectivity index (χ2v) is 13.2. The predicted molar refractivity (Wildman–Crippen MR) is 181 cm³/mol. The number of hydrogen-bond donors (Lipinski definition) is 3. The van der Waals surface area contributed by atoms with Gasteiger partial charge in [0, 0.05) is 72.5 Å². The number of anilines is 1. The standard InChI is InChI=1S/C35H40ClN5S/c1-24(39-42)32-9-8-31(20-29(32)19-25-18-27-11-13-37-34(27)38-22-25)41-16-14-40(15-17-41)23-28-10-12-35(2,3)21-33(28)26-4-6-30(36)7-5-26/h4-9,11,13,18,20,22,39,42H,1,10,12,14-17,19,21,23H2,2-3H3,(H,37,38). The summed E-state index contributed by atoms with van der Waals surface area (Å²) in [7, 11) is 0. The van der Waals surface area contributed by atoms with Crippen molar-refractivity contribution in [2.24, 2.45) is 5.41 Å². The average molecular weight is 598 g/mol. The van der Waals surface area contributed by atoms with Crippen molar-refractivity contribution in [2.75, 3.05) is 37.6 Å². The number of hydrogen-bond acceptors (Lipinski definition) is 5. The Kier molecular flexibility index (Phi) is 8.39. The molecule has 0 spiro atoms. The quantitative estimate of drug-likeness (QED) is 0.180. The highest BCUT2D eigenvalue weighted by Crippen LogP contribution is 2.43. The lowest BCUT2D eigenvalue weighted by molar-refractivity contribution is 0.264. The molecule has 7 heteroatoms. The van der Waals surface area contributed by atoms with Crippen LogP contribution >= 0.6 is 24.4 Å². The molecule has 0 bridgehead atoms. The number of aromatic nitrogens is 2. The van der Waals surface area contributed by atoms with Gasteiger partial charge in [-0.1, -0.05) is 68.6 Å². The van der Waals surface area contributed by atoms with Gasteiger partial charge in [-0.25, -0.2) is 4.98 Å². The first kappa shape index (κ1) is 28.9. The molecule has 4 aromatic rings. The van der Waals surface area contributed by atoms with Crippen molar-refractivity contribution in [1.82, 2.24) is 19.6 Å². The molecule has 218 valence electrons. The summed E-state index contributed by atoms with van der Waals surface area (Å²) in [4.78, 5) is 12.9. The van der Waals surface area contributed by atoms with E-state index in [0.717, 1.165) is 72.9 Å². The number of nitrogens with zero attached hydrogens (tertiary/aromatic N) is 3. The van der Waals surface area contributed by atoms with Crippen LogP contribution in [0.25, 0.3) is 22.3 Å². The Hall–Kier alpha value is -3.19. The third-order valence-corrected chi connectivity index (χ3v) is 9.45. The topological polar surface area (TPSA) is 47.2 Å². The Morgan fingerprint density at radius 1 is 1.07 bits per heavy atom. The molecule has 1 saturated heterocycles. The van der Waals surface area contributed by atoms with Crippen LogP contribution in [-0.4, -0.2) is 47.6 Å². The first-order chi connectivity index (χ1) is 20.3. The maximum absolute atomic E-state index is 6.22. The largest absolute Gasteiger partial charge is 0.369 e. The molecule has 5 nitrogen and oxygen atoms in total. The number of pyridine rings is 1. The van der Waals surface area contributed by atoms with Crippen LogP contribution in [0.15, 0.2) is 79.1 Å². The molecule has 2 aromatic heterocycles. The zero-order valence-electron chi connectivity index (χ0n) is 24.6. The number of rotatable bonds is 8. The minimum absolute atomic E-state index is 0.332. The molecule has 0 unspecified atom stereocenters. The number of halogens is 1. The van der Waals surface area contributed by atoms with Crippen molar-refractivity contribution < 1.29 is 0 Å². The minimum atomic E-state index is 0.332. The molecule has 0 saturated carbocycles. The van der Waals surface area contributed by atoms with Gasteiger partial charge in [0.2, 0.25) is 0 Å². The van der Waals surface area contributed by atoms with Crippen LogP contribution in [0.1, 0.15) is 55.4 Å². The van der Waals surface area contributed by atoms with Gasteiger partial charge in [-0.3, -0.25) is 4.90 Å². The van der Waals surface area contributed by atoms with Crippen LogP contribution < -0.4 is 9.62 Å². The molecule has 2 N–H and O–H groups in total. The molecule has 0 amide bonds. The van der Waals surface area contributed by atoms with E-state index in [1.807, 2.05) is 24.5 Å². The lowest BCUT2D eigenvalue weighted by Crippen LogP contribution is -2.47. The van der Waals surface area contributed by atoms with Gasteiger partial charge in [0.25, 0.3) is 0 Å². The molecule has 2 aromatic carbocycles. The fourth-order valence-electron chi connectivity index (χ4n) is 6.48. The lowest BCUT2D eigenvalue weighted by atomic mass is 9.72. The Bertz CT molecular complexity index is 1610. The van der Waals surface area contributed by atoms with Crippen molar-refractivity contribution in [3.63, 3.8) is 0 Å². The lowest BCUT2D eigenvalue weighted by Gasteiger charge is -2.39. The van der Waals surface area contributed by atoms with E-state index >= 15 is 0 Å². The highest BCUT2D eigenvalue weighted by molar-refractivity contribution is 7.78. The zero-order chi connectivity index (χ0) is 29.3. The van der Waals surface area contributed by atoms with Gasteiger partial charge < -0.3 is 14.6 Å². The summed E-state index contributed by atoms with van der Waals surface area (Å²) in [5.41, 5.74) is 11.3. The van der Waals surface area contributed by atoms with Gasteiger partial charge in [0.1, 0.15) is 5.65 Å². The van der Waals surface area contributed by atoms with Gasteiger partial charge in [-0.2, -0.15) is 0 Å². The molecule has 0 radical (unpaired) electrons. The van der Waals surface area contributed by atoms with Gasteiger partial charge in [-0.15, -0.1) is 0 Å². The van der Waals surface area contributed by atoms with E-state index in [9.17, 15) is 0 Å². The third-order valence-electron chi connectivity index (χ3n) is 8.93. The number of thiol groups is 1. The Labute approximate surface area is 260 Å². The number of benzene rings is 2. The second kappa shape index (κ2) is 12.2. The highest BCUT2D eigenvalue weighted by atomic mass is 35.5. The van der Waals surface area contributed by atoms with Gasteiger partial charge >= 0.3 is 0 Å². The van der Waals surface area contributed by atoms with Crippen LogP contribution in [0.4, 0.5) is 5.69 Å². The van der Waals surface area contributed by atoms with Crippen LogP contribution in [0.2, 0.25) is 5.02 Å². The molecule has 1 fully saturated rings. The summed E-state index contributed by atoms with van der Waals surface area (Å²) in [5.74, 6) is 0. The van der Waals surface area contributed by atoms with E-state index in [-0.39, 0.29) is 0 Å². The van der Waals surface area contributed by atoms with Crippen LogP contribution in [0.5, 0.6) is 0 Å². The van der Waals surface area contributed by atoms with Gasteiger partial charge in [0.15, 0.2) is 0 Å². The molecule has 1 aliphatic carbocycles.